The van der Waals surface area contributed by atoms with Gasteiger partial charge in [0.25, 0.3) is 0 Å². The fraction of sp³-hybridized carbons (Fsp3) is 1.00. The van der Waals surface area contributed by atoms with Crippen LogP contribution in [0.5, 0.6) is 0 Å². The normalized spacial score (nSPS) is 38.8. The van der Waals surface area contributed by atoms with E-state index >= 15 is 0 Å². The topological polar surface area (TPSA) is 65.5 Å². The Kier molecular flexibility index (Phi) is 4.42. The molecule has 6 atom stereocenters. The first kappa shape index (κ1) is 13.3. The highest BCUT2D eigenvalue weighted by Crippen LogP contribution is 2.34. The molecule has 2 aliphatic rings. The van der Waals surface area contributed by atoms with E-state index in [2.05, 4.69) is 13.8 Å². The lowest BCUT2D eigenvalue weighted by molar-refractivity contribution is 0.238. The molecule has 0 unspecified atom stereocenters. The Labute approximate surface area is 103 Å². The van der Waals surface area contributed by atoms with Crippen LogP contribution < -0.4 is 0 Å². The van der Waals surface area contributed by atoms with E-state index in [0.29, 0.717) is 11.8 Å². The van der Waals surface area contributed by atoms with Crippen LogP contribution in [-0.2, 0) is 9.47 Å². The molecule has 0 saturated carbocycles. The molecule has 2 heterocycles. The van der Waals surface area contributed by atoms with Crippen LogP contribution in [0.4, 0.5) is 0 Å². The molecule has 4 heteroatoms. The fourth-order valence-corrected chi connectivity index (χ4v) is 2.77. The van der Waals surface area contributed by atoms with Crippen LogP contribution in [0.25, 0.3) is 0 Å². The Hall–Kier alpha value is -0.160. The van der Waals surface area contributed by atoms with Crippen molar-refractivity contribution in [2.75, 3.05) is 13.2 Å². The van der Waals surface area contributed by atoms with Gasteiger partial charge in [0, 0.05) is 0 Å². The van der Waals surface area contributed by atoms with Crippen LogP contribution in [0.2, 0.25) is 0 Å². The van der Waals surface area contributed by atoms with Gasteiger partial charge in [-0.25, -0.2) is 0 Å². The van der Waals surface area contributed by atoms with E-state index in [1.165, 1.54) is 0 Å². The van der Waals surface area contributed by atoms with Crippen LogP contribution in [0, 0.1) is 11.8 Å². The van der Waals surface area contributed by atoms with Gasteiger partial charge in [0.2, 0.25) is 0 Å². The minimum atomic E-state index is 0.0956. The summed E-state index contributed by atoms with van der Waals surface area (Å²) in [6.45, 7) is 4.79. The lowest BCUT2D eigenvalue weighted by Gasteiger charge is -2.15. The SMILES string of the molecule is C[C@H](C[C@H](C)C[C@H]1O[C@H]1CO)C[C@H]1O[C@H]1CO. The zero-order valence-corrected chi connectivity index (χ0v) is 10.7. The predicted molar refractivity (Wildman–Crippen MR) is 63.7 cm³/mol. The van der Waals surface area contributed by atoms with E-state index in [0.717, 1.165) is 19.3 Å². The van der Waals surface area contributed by atoms with Crippen molar-refractivity contribution in [1.82, 2.24) is 0 Å². The molecule has 0 aromatic heterocycles. The van der Waals surface area contributed by atoms with Gasteiger partial charge in [0.15, 0.2) is 0 Å². The van der Waals surface area contributed by atoms with Crippen molar-refractivity contribution in [1.29, 1.82) is 0 Å². The van der Waals surface area contributed by atoms with Gasteiger partial charge in [-0.3, -0.25) is 0 Å². The summed E-state index contributed by atoms with van der Waals surface area (Å²) in [7, 11) is 0. The van der Waals surface area contributed by atoms with Gasteiger partial charge in [0.1, 0.15) is 12.2 Å². The van der Waals surface area contributed by atoms with Crippen molar-refractivity contribution in [3.05, 3.63) is 0 Å². The molecular weight excluding hydrogens is 220 g/mol. The molecule has 100 valence electrons. The lowest BCUT2D eigenvalue weighted by atomic mass is 9.90. The summed E-state index contributed by atoms with van der Waals surface area (Å²) in [6, 6.07) is 0. The van der Waals surface area contributed by atoms with Crippen molar-refractivity contribution in [3.63, 3.8) is 0 Å². The second kappa shape index (κ2) is 5.65. The van der Waals surface area contributed by atoms with Crippen molar-refractivity contribution < 1.29 is 19.7 Å². The number of rotatable bonds is 8. The van der Waals surface area contributed by atoms with Gasteiger partial charge in [-0.05, 0) is 31.1 Å². The van der Waals surface area contributed by atoms with Gasteiger partial charge in [-0.2, -0.15) is 0 Å². The molecule has 17 heavy (non-hydrogen) atoms. The predicted octanol–water partition coefficient (Wildman–Crippen LogP) is 0.948. The van der Waals surface area contributed by atoms with Gasteiger partial charge >= 0.3 is 0 Å². The molecule has 0 aromatic carbocycles. The Morgan fingerprint density at radius 3 is 1.53 bits per heavy atom. The van der Waals surface area contributed by atoms with Crippen LogP contribution in [-0.4, -0.2) is 47.8 Å². The maximum Gasteiger partial charge on any atom is 0.107 e. The monoisotopic (exact) mass is 244 g/mol. The second-order valence-corrected chi connectivity index (χ2v) is 5.71. The zero-order chi connectivity index (χ0) is 12.4. The number of aliphatic hydroxyl groups excluding tert-OH is 2. The van der Waals surface area contributed by atoms with Crippen LogP contribution in [0.15, 0.2) is 0 Å². The molecule has 2 fully saturated rings. The quantitative estimate of drug-likeness (QED) is 0.624. The molecular formula is C13H24O4. The summed E-state index contributed by atoms with van der Waals surface area (Å²) in [6.07, 6.45) is 4.01. The number of ether oxygens (including phenoxy) is 2. The molecule has 0 aromatic rings. The van der Waals surface area contributed by atoms with E-state index in [4.69, 9.17) is 19.7 Å². The van der Waals surface area contributed by atoms with Gasteiger partial charge < -0.3 is 19.7 Å². The molecule has 2 N–H and O–H groups in total. The van der Waals surface area contributed by atoms with Crippen molar-refractivity contribution in [2.45, 2.75) is 57.5 Å². The summed E-state index contributed by atoms with van der Waals surface area (Å²) in [5.74, 6) is 1.25. The van der Waals surface area contributed by atoms with Crippen LogP contribution >= 0.6 is 0 Å². The fourth-order valence-electron chi connectivity index (χ4n) is 2.77. The molecule has 2 saturated heterocycles. The summed E-state index contributed by atoms with van der Waals surface area (Å²) in [5.41, 5.74) is 0. The first-order valence-corrected chi connectivity index (χ1v) is 6.66. The molecule has 0 radical (unpaired) electrons. The third kappa shape index (κ3) is 3.91. The largest absolute Gasteiger partial charge is 0.394 e. The summed E-state index contributed by atoms with van der Waals surface area (Å²) in [4.78, 5) is 0. The van der Waals surface area contributed by atoms with Crippen LogP contribution in [0.3, 0.4) is 0 Å². The third-order valence-corrected chi connectivity index (χ3v) is 3.81. The first-order valence-electron chi connectivity index (χ1n) is 6.66. The summed E-state index contributed by atoms with van der Waals surface area (Å²) in [5, 5.41) is 17.8. The highest BCUT2D eigenvalue weighted by Gasteiger charge is 2.40. The zero-order valence-electron chi connectivity index (χ0n) is 10.7. The standard InChI is InChI=1S/C13H24O4/c1-8(4-10-12(6-14)16-10)3-9(2)5-11-13(7-15)17-11/h8-15H,3-7H2,1-2H3/t8-,9+,10-,11-,12+,13+/m1/s1. The van der Waals surface area contributed by atoms with E-state index in [9.17, 15) is 0 Å². The van der Waals surface area contributed by atoms with Crippen LogP contribution in [0.1, 0.15) is 33.1 Å². The van der Waals surface area contributed by atoms with Gasteiger partial charge in [0.05, 0.1) is 25.4 Å². The average Bonchev–Trinajstić information content (AvgIpc) is 3.14. The smallest absolute Gasteiger partial charge is 0.107 e. The maximum absolute atomic E-state index is 8.89. The van der Waals surface area contributed by atoms with Gasteiger partial charge in [-0.1, -0.05) is 13.8 Å². The number of epoxide rings is 2. The highest BCUT2D eigenvalue weighted by atomic mass is 16.6. The average molecular weight is 244 g/mol. The lowest BCUT2D eigenvalue weighted by Crippen LogP contribution is -2.11. The second-order valence-electron chi connectivity index (χ2n) is 5.71. The Morgan fingerprint density at radius 2 is 1.24 bits per heavy atom. The Morgan fingerprint density at radius 1 is 0.824 bits per heavy atom. The number of aliphatic hydroxyl groups is 2. The highest BCUT2D eigenvalue weighted by molar-refractivity contribution is 4.87. The van der Waals surface area contributed by atoms with Crippen molar-refractivity contribution in [3.8, 4) is 0 Å². The van der Waals surface area contributed by atoms with Crippen molar-refractivity contribution >= 4 is 0 Å². The molecule has 2 aliphatic heterocycles. The van der Waals surface area contributed by atoms with E-state index in [1.807, 2.05) is 0 Å². The maximum atomic E-state index is 8.89. The molecule has 0 bridgehead atoms. The minimum Gasteiger partial charge on any atom is -0.394 e. The summed E-state index contributed by atoms with van der Waals surface area (Å²) >= 11 is 0. The van der Waals surface area contributed by atoms with E-state index < -0.39 is 0 Å². The first-order chi connectivity index (χ1) is 8.13. The number of hydrogen-bond donors (Lipinski definition) is 2. The Bertz CT molecular complexity index is 222. The number of hydrogen-bond acceptors (Lipinski definition) is 4. The van der Waals surface area contributed by atoms with E-state index in [-0.39, 0.29) is 37.6 Å². The summed E-state index contributed by atoms with van der Waals surface area (Å²) < 4.78 is 10.7. The molecule has 2 rings (SSSR count). The molecule has 0 aliphatic carbocycles. The van der Waals surface area contributed by atoms with Crippen molar-refractivity contribution in [2.24, 2.45) is 11.8 Å². The Balaban J connectivity index is 1.57. The van der Waals surface area contributed by atoms with Gasteiger partial charge in [-0.15, -0.1) is 0 Å². The third-order valence-electron chi connectivity index (χ3n) is 3.81. The molecule has 0 spiro atoms. The molecule has 4 nitrogen and oxygen atoms in total. The van der Waals surface area contributed by atoms with E-state index in [1.54, 1.807) is 0 Å². The minimum absolute atomic E-state index is 0.0956. The molecule has 0 amide bonds.